The summed E-state index contributed by atoms with van der Waals surface area (Å²) in [6.45, 7) is 10.7. The molecule has 2 N–H and O–H groups in total. The molecule has 1 aromatic carbocycles. The van der Waals surface area contributed by atoms with Gasteiger partial charge in [0.15, 0.2) is 0 Å². The SMILES string of the molecule is CCCCn1c(C)c(C(C)O)c2cc(C(C)C)cc(C(=O)O)c21. The minimum absolute atomic E-state index is 0.235. The Morgan fingerprint density at radius 1 is 1.26 bits per heavy atom. The second-order valence-electron chi connectivity index (χ2n) is 6.60. The highest BCUT2D eigenvalue weighted by molar-refractivity contribution is 6.04. The van der Waals surface area contributed by atoms with Crippen LogP contribution in [-0.2, 0) is 6.54 Å². The Kier molecular flexibility index (Phi) is 5.15. The fourth-order valence-electron chi connectivity index (χ4n) is 3.28. The summed E-state index contributed by atoms with van der Waals surface area (Å²) < 4.78 is 2.06. The maximum absolute atomic E-state index is 11.8. The number of aromatic carboxylic acids is 1. The molecule has 0 aliphatic carbocycles. The molecule has 0 aliphatic rings. The maximum atomic E-state index is 11.8. The van der Waals surface area contributed by atoms with Gasteiger partial charge in [-0.25, -0.2) is 4.79 Å². The van der Waals surface area contributed by atoms with E-state index in [1.54, 1.807) is 13.0 Å². The molecule has 0 amide bonds. The normalized spacial score (nSPS) is 13.0. The highest BCUT2D eigenvalue weighted by Gasteiger charge is 2.23. The summed E-state index contributed by atoms with van der Waals surface area (Å²) in [4.78, 5) is 11.8. The van der Waals surface area contributed by atoms with Crippen LogP contribution in [0.3, 0.4) is 0 Å². The number of hydrogen-bond acceptors (Lipinski definition) is 2. The third kappa shape index (κ3) is 3.13. The zero-order chi connectivity index (χ0) is 17.3. The first-order chi connectivity index (χ1) is 10.8. The highest BCUT2D eigenvalue weighted by atomic mass is 16.4. The molecule has 0 spiro atoms. The van der Waals surface area contributed by atoms with Crippen molar-refractivity contribution < 1.29 is 15.0 Å². The lowest BCUT2D eigenvalue weighted by molar-refractivity contribution is 0.0698. The number of aryl methyl sites for hydroxylation is 1. The van der Waals surface area contributed by atoms with E-state index in [4.69, 9.17) is 0 Å². The van der Waals surface area contributed by atoms with Crippen LogP contribution in [0.25, 0.3) is 10.9 Å². The molecule has 4 heteroatoms. The van der Waals surface area contributed by atoms with Gasteiger partial charge in [-0.3, -0.25) is 0 Å². The summed E-state index contributed by atoms with van der Waals surface area (Å²) in [6.07, 6.45) is 1.40. The van der Waals surface area contributed by atoms with Crippen molar-refractivity contribution in [2.75, 3.05) is 0 Å². The zero-order valence-electron chi connectivity index (χ0n) is 14.7. The van der Waals surface area contributed by atoms with Gasteiger partial charge in [0.2, 0.25) is 0 Å². The van der Waals surface area contributed by atoms with Crippen molar-refractivity contribution in [3.63, 3.8) is 0 Å². The van der Waals surface area contributed by atoms with Crippen LogP contribution in [0.5, 0.6) is 0 Å². The minimum atomic E-state index is -0.912. The van der Waals surface area contributed by atoms with Gasteiger partial charge in [0.25, 0.3) is 0 Å². The number of unbranched alkanes of at least 4 members (excludes halogenated alkanes) is 1. The molecule has 2 aromatic rings. The third-order valence-electron chi connectivity index (χ3n) is 4.54. The van der Waals surface area contributed by atoms with E-state index >= 15 is 0 Å². The second kappa shape index (κ2) is 6.75. The Hall–Kier alpha value is -1.81. The first-order valence-corrected chi connectivity index (χ1v) is 8.37. The van der Waals surface area contributed by atoms with Gasteiger partial charge in [0, 0.05) is 23.2 Å². The van der Waals surface area contributed by atoms with E-state index in [1.165, 1.54) is 0 Å². The van der Waals surface area contributed by atoms with Gasteiger partial charge < -0.3 is 14.8 Å². The van der Waals surface area contributed by atoms with E-state index in [2.05, 4.69) is 25.3 Å². The van der Waals surface area contributed by atoms with Gasteiger partial charge in [0.1, 0.15) is 0 Å². The van der Waals surface area contributed by atoms with Crippen LogP contribution in [-0.4, -0.2) is 20.7 Å². The summed E-state index contributed by atoms with van der Waals surface area (Å²) >= 11 is 0. The van der Waals surface area contributed by atoms with Gasteiger partial charge in [0.05, 0.1) is 17.2 Å². The van der Waals surface area contributed by atoms with Crippen LogP contribution in [0.15, 0.2) is 12.1 Å². The molecule has 0 bridgehead atoms. The number of fused-ring (bicyclic) bond motifs is 1. The van der Waals surface area contributed by atoms with Crippen LogP contribution in [0.4, 0.5) is 0 Å². The topological polar surface area (TPSA) is 62.5 Å². The second-order valence-corrected chi connectivity index (χ2v) is 6.60. The Morgan fingerprint density at radius 3 is 2.39 bits per heavy atom. The fourth-order valence-corrected chi connectivity index (χ4v) is 3.28. The number of aliphatic hydroxyl groups excluding tert-OH is 1. The molecule has 23 heavy (non-hydrogen) atoms. The summed E-state index contributed by atoms with van der Waals surface area (Å²) in [5.41, 5.74) is 3.87. The molecule has 0 saturated carbocycles. The molecule has 0 saturated heterocycles. The van der Waals surface area contributed by atoms with Crippen molar-refractivity contribution in [1.82, 2.24) is 4.57 Å². The zero-order valence-corrected chi connectivity index (χ0v) is 14.7. The molecule has 1 heterocycles. The van der Waals surface area contributed by atoms with E-state index < -0.39 is 12.1 Å². The number of hydrogen-bond donors (Lipinski definition) is 2. The third-order valence-corrected chi connectivity index (χ3v) is 4.54. The Bertz CT molecular complexity index is 726. The van der Waals surface area contributed by atoms with Crippen molar-refractivity contribution in [1.29, 1.82) is 0 Å². The number of nitrogens with zero attached hydrogens (tertiary/aromatic N) is 1. The van der Waals surface area contributed by atoms with E-state index in [0.717, 1.165) is 47.1 Å². The number of aromatic nitrogens is 1. The summed E-state index contributed by atoms with van der Waals surface area (Å²) in [6, 6.07) is 3.83. The molecule has 2 rings (SSSR count). The van der Waals surface area contributed by atoms with E-state index in [1.807, 2.05) is 13.0 Å². The molecule has 1 aromatic heterocycles. The van der Waals surface area contributed by atoms with Crippen molar-refractivity contribution in [3.05, 3.63) is 34.5 Å². The number of carbonyl (C=O) groups is 1. The monoisotopic (exact) mass is 317 g/mol. The molecule has 0 radical (unpaired) electrons. The molecule has 1 atom stereocenters. The lowest BCUT2D eigenvalue weighted by Gasteiger charge is -2.12. The Morgan fingerprint density at radius 2 is 1.91 bits per heavy atom. The van der Waals surface area contributed by atoms with Crippen LogP contribution >= 0.6 is 0 Å². The van der Waals surface area contributed by atoms with Gasteiger partial charge in [-0.2, -0.15) is 0 Å². The first kappa shape index (κ1) is 17.5. The molecule has 1 unspecified atom stereocenters. The average Bonchev–Trinajstić information content (AvgIpc) is 2.75. The van der Waals surface area contributed by atoms with Gasteiger partial charge in [-0.05, 0) is 43.9 Å². The average molecular weight is 317 g/mol. The van der Waals surface area contributed by atoms with Crippen LogP contribution in [0.2, 0.25) is 0 Å². The maximum Gasteiger partial charge on any atom is 0.337 e. The van der Waals surface area contributed by atoms with Gasteiger partial charge in [-0.15, -0.1) is 0 Å². The summed E-state index contributed by atoms with van der Waals surface area (Å²) in [5, 5.41) is 20.8. The fraction of sp³-hybridized carbons (Fsp3) is 0.526. The molecule has 4 nitrogen and oxygen atoms in total. The van der Waals surface area contributed by atoms with E-state index in [0.29, 0.717) is 5.56 Å². The van der Waals surface area contributed by atoms with E-state index in [9.17, 15) is 15.0 Å². The minimum Gasteiger partial charge on any atom is -0.478 e. The molecule has 0 aliphatic heterocycles. The predicted molar refractivity (Wildman–Crippen MR) is 93.3 cm³/mol. The quantitative estimate of drug-likeness (QED) is 0.817. The smallest absolute Gasteiger partial charge is 0.337 e. The van der Waals surface area contributed by atoms with Crippen LogP contribution < -0.4 is 0 Å². The molecule has 0 fully saturated rings. The van der Waals surface area contributed by atoms with Crippen molar-refractivity contribution >= 4 is 16.9 Å². The lowest BCUT2D eigenvalue weighted by atomic mass is 9.95. The number of benzene rings is 1. The predicted octanol–water partition coefficient (Wildman–Crippen LogP) is 4.62. The number of carboxylic acid groups (broad SMARTS) is 1. The lowest BCUT2D eigenvalue weighted by Crippen LogP contribution is -2.06. The number of carboxylic acids is 1. The Labute approximate surface area is 137 Å². The van der Waals surface area contributed by atoms with Gasteiger partial charge in [-0.1, -0.05) is 27.2 Å². The Balaban J connectivity index is 2.90. The van der Waals surface area contributed by atoms with Gasteiger partial charge >= 0.3 is 5.97 Å². The summed E-state index contributed by atoms with van der Waals surface area (Å²) in [7, 11) is 0. The molecule has 126 valence electrons. The number of aliphatic hydroxyl groups is 1. The standard InChI is InChI=1S/C19H27NO3/c1-6-7-8-20-12(4)17(13(5)21)15-9-14(11(2)3)10-16(18(15)20)19(22)23/h9-11,13,21H,6-8H2,1-5H3,(H,22,23). The van der Waals surface area contributed by atoms with Crippen LogP contribution in [0, 0.1) is 6.92 Å². The van der Waals surface area contributed by atoms with Crippen molar-refractivity contribution in [3.8, 4) is 0 Å². The molecular formula is C19H27NO3. The van der Waals surface area contributed by atoms with Crippen molar-refractivity contribution in [2.45, 2.75) is 66.0 Å². The summed E-state index contributed by atoms with van der Waals surface area (Å²) in [5.74, 6) is -0.677. The van der Waals surface area contributed by atoms with Crippen LogP contribution in [0.1, 0.15) is 79.7 Å². The molecular weight excluding hydrogens is 290 g/mol. The van der Waals surface area contributed by atoms with E-state index in [-0.39, 0.29) is 5.92 Å². The first-order valence-electron chi connectivity index (χ1n) is 8.37. The largest absolute Gasteiger partial charge is 0.478 e. The number of rotatable bonds is 6. The highest BCUT2D eigenvalue weighted by Crippen LogP contribution is 2.35. The van der Waals surface area contributed by atoms with Crippen molar-refractivity contribution in [2.24, 2.45) is 0 Å².